The number of hydrogen-bond donors (Lipinski definition) is 4. The summed E-state index contributed by atoms with van der Waals surface area (Å²) < 4.78 is 225. The van der Waals surface area contributed by atoms with E-state index >= 15 is 0 Å². The summed E-state index contributed by atoms with van der Waals surface area (Å²) in [4.78, 5) is 47.5. The third-order valence-corrected chi connectivity index (χ3v) is 21.5. The second kappa shape index (κ2) is 46.0. The number of aliphatic hydroxyl groups excluding tert-OH is 2. The van der Waals surface area contributed by atoms with Gasteiger partial charge in [0.05, 0.1) is 75.9 Å². The Morgan fingerprint density at radius 2 is 0.808 bits per heavy atom. The lowest BCUT2D eigenvalue weighted by Gasteiger charge is -2.22. The molecule has 13 rings (SSSR count). The summed E-state index contributed by atoms with van der Waals surface area (Å²) in [6.45, 7) is 4.10. The quantitative estimate of drug-likeness (QED) is 0.0156. The first-order chi connectivity index (χ1) is 59.2. The zero-order valence-electron chi connectivity index (χ0n) is 67.0. The molecule has 0 saturated carbocycles. The zero-order valence-corrected chi connectivity index (χ0v) is 73.4. The van der Waals surface area contributed by atoms with Crippen LogP contribution in [0.3, 0.4) is 0 Å². The van der Waals surface area contributed by atoms with Gasteiger partial charge in [0.25, 0.3) is 16.7 Å². The Hall–Kier alpha value is -10.7. The minimum absolute atomic E-state index is 0.0146. The average Bonchev–Trinajstić information content (AvgIpc) is 1.57. The molecule has 5 unspecified atom stereocenters. The maximum atomic E-state index is 13.9. The maximum Gasteiger partial charge on any atom is 0.387 e. The van der Waals surface area contributed by atoms with Crippen LogP contribution in [0, 0.1) is 59.0 Å². The fourth-order valence-electron chi connectivity index (χ4n) is 13.4. The number of hydrogen-bond acceptors (Lipinski definition) is 12. The van der Waals surface area contributed by atoms with Crippen LogP contribution in [0.25, 0.3) is 32.7 Å². The molecule has 0 aliphatic carbocycles. The highest BCUT2D eigenvalue weighted by molar-refractivity contribution is 9.11. The Morgan fingerprint density at radius 1 is 0.448 bits per heavy atom. The number of halogens is 19. The van der Waals surface area contributed by atoms with Crippen LogP contribution in [0.2, 0.25) is 0 Å². The molecule has 0 radical (unpaired) electrons. The van der Waals surface area contributed by atoms with Gasteiger partial charge in [0.15, 0.2) is 6.29 Å². The molecule has 0 fully saturated rings. The number of aromatic amines is 2. The lowest BCUT2D eigenvalue weighted by atomic mass is 10.0. The summed E-state index contributed by atoms with van der Waals surface area (Å²) in [5.74, 6) is -1.47. The number of aryl methyl sites for hydroxylation is 6. The maximum absolute atomic E-state index is 13.9. The number of benzene rings is 9. The molecular formula is C88H81Br4F15N6O12. The Labute approximate surface area is 738 Å². The molecule has 4 N–H and O–H groups in total. The van der Waals surface area contributed by atoms with E-state index in [1.165, 1.54) is 74.7 Å². The second-order valence-electron chi connectivity index (χ2n) is 27.8. The molecule has 125 heavy (non-hydrogen) atoms. The molecule has 18 nitrogen and oxygen atoms in total. The fourth-order valence-corrected chi connectivity index (χ4v) is 15.0. The number of ether oxygens (including phenoxy) is 6. The van der Waals surface area contributed by atoms with Gasteiger partial charge < -0.3 is 38.6 Å². The summed E-state index contributed by atoms with van der Waals surface area (Å²) in [5, 5.41) is 25.0. The van der Waals surface area contributed by atoms with E-state index in [0.717, 1.165) is 39.9 Å². The number of aldehydes is 1. The molecule has 0 saturated heterocycles. The Morgan fingerprint density at radius 3 is 1.25 bits per heavy atom. The van der Waals surface area contributed by atoms with Gasteiger partial charge >= 0.3 is 39.7 Å². The number of fused-ring (bicyclic) bond motifs is 5. The van der Waals surface area contributed by atoms with Crippen molar-refractivity contribution in [1.29, 1.82) is 0 Å². The van der Waals surface area contributed by atoms with E-state index in [1.54, 1.807) is 117 Å². The highest BCUT2D eigenvalue weighted by Crippen LogP contribution is 2.42. The van der Waals surface area contributed by atoms with Gasteiger partial charge in [-0.1, -0.05) is 106 Å². The molecule has 0 bridgehead atoms. The molecule has 1 aliphatic rings. The molecule has 0 amide bonds. The van der Waals surface area contributed by atoms with Gasteiger partial charge in [0.2, 0.25) is 0 Å². The summed E-state index contributed by atoms with van der Waals surface area (Å²) in [7, 11) is 0. The topological polar surface area (TPSA) is 215 Å². The van der Waals surface area contributed by atoms with Crippen LogP contribution in [0.1, 0.15) is 133 Å². The summed E-state index contributed by atoms with van der Waals surface area (Å²) in [6, 6.07) is 35.5. The number of rotatable bonds is 28. The average molecular weight is 2020 g/mol. The highest BCUT2D eigenvalue weighted by Gasteiger charge is 2.33. The SMILES string of the molecule is C=CCC(Br)c1ccc(C)cc1OC(F)F.C=CCC(O)c1ccc(C)cc1OC(F)F.C=CCC(c1ccc(C)cc1OC(F)F)n1[nH]c(=O)c2cc(F)c(Br)cc21.Cc1ccc(C(CCO)n2[nH]c(=O)c3cc(F)c(Br)cc32)c(OC(F)F)c1.Cc1ccc(C=O)c(OC(F)F)c1.Cc1ccc(OC(F)F)c(C2CCn3c(=O)c4cc(F)c(Br)cc4n32)c1. The number of allylic oxidation sites excluding steroid dienone is 2. The number of aromatic nitrogens is 6. The van der Waals surface area contributed by atoms with E-state index in [9.17, 15) is 95.2 Å². The molecule has 3 aromatic heterocycles. The van der Waals surface area contributed by atoms with Crippen LogP contribution in [-0.4, -0.2) is 91.7 Å². The number of carbonyl (C=O) groups is 1. The van der Waals surface area contributed by atoms with Crippen molar-refractivity contribution in [1.82, 2.24) is 28.9 Å². The van der Waals surface area contributed by atoms with Gasteiger partial charge in [-0.15, -0.1) is 19.7 Å². The van der Waals surface area contributed by atoms with E-state index < -0.39 is 86.4 Å². The molecule has 37 heteroatoms. The summed E-state index contributed by atoms with van der Waals surface area (Å²) >= 11 is 12.8. The first-order valence-electron chi connectivity index (χ1n) is 37.5. The van der Waals surface area contributed by atoms with E-state index in [0.29, 0.717) is 88.4 Å². The molecule has 668 valence electrons. The van der Waals surface area contributed by atoms with E-state index in [4.69, 9.17) is 4.74 Å². The van der Waals surface area contributed by atoms with Crippen molar-refractivity contribution in [2.75, 3.05) is 6.61 Å². The molecule has 4 heterocycles. The number of nitrogens with zero attached hydrogens (tertiary/aromatic N) is 4. The number of nitrogens with one attached hydrogen (secondary N) is 2. The lowest BCUT2D eigenvalue weighted by molar-refractivity contribution is -0.0521. The van der Waals surface area contributed by atoms with Crippen LogP contribution in [0.15, 0.2) is 211 Å². The van der Waals surface area contributed by atoms with Gasteiger partial charge in [-0.25, -0.2) is 17.9 Å². The number of carbonyl (C=O) groups excluding carboxylic acids is 1. The van der Waals surface area contributed by atoms with Crippen molar-refractivity contribution in [3.63, 3.8) is 0 Å². The van der Waals surface area contributed by atoms with Crippen molar-refractivity contribution in [2.24, 2.45) is 0 Å². The third-order valence-electron chi connectivity index (χ3n) is 18.8. The van der Waals surface area contributed by atoms with Crippen LogP contribution >= 0.6 is 63.7 Å². The van der Waals surface area contributed by atoms with Crippen molar-refractivity contribution >= 4 is 103 Å². The monoisotopic (exact) mass is 2010 g/mol. The van der Waals surface area contributed by atoms with E-state index in [-0.39, 0.29) is 99.1 Å². The van der Waals surface area contributed by atoms with Gasteiger partial charge in [0.1, 0.15) is 51.9 Å². The normalized spacial score (nSPS) is 13.1. The third kappa shape index (κ3) is 26.4. The fraction of sp³-hybridized carbons (Fsp3) is 0.273. The van der Waals surface area contributed by atoms with Gasteiger partial charge in [0, 0.05) is 45.8 Å². The molecule has 12 aromatic rings. The number of aliphatic hydroxyl groups is 2. The van der Waals surface area contributed by atoms with Gasteiger partial charge in [-0.3, -0.25) is 43.4 Å². The second-order valence-corrected chi connectivity index (χ2v) is 31.5. The standard InChI is InChI=1S/C19H16BrF3N2O2.C18H16BrF3N2O3.C18H14BrF3N2O2.C12H13BrF2O.C12H14F2O2.C9H8F2O2/c1-3-4-15(11-6-5-10(2)7-17(11)27-19(22)23)25-16-9-13(20)14(21)8-12(16)18(26)24-25;1-9-2-3-10(16(6-9)27-18(21)22)14(4-5-25)24-15-8-12(19)13(20)7-11(15)17(26)23-24;1-9-2-3-16(26-18(21)22)10(6-9)14-4-5-23-17(25)11-7-13(20)12(19)8-15(11)24(14)23;1-3-4-10(13)9-6-5-8(2)7-11(9)16-12(14)15;1-3-4-10(15)9-6-5-8(2)7-11(9)16-12(13)14;1-6-2-3-7(5-12)8(4-6)13-9(10)11/h3,5-9,15,19H,1,4H2,2H3,(H,24,26);2-3,6-8,14,18,25H,4-5H2,1H3,(H,23,26);2-3,6-8,14,18H,4-5H2,1H3;3,5-7,10,12H,1,4H2,2H3;3,5-7,10,12,15H,1,4H2,2H3;2-5,9H,1H3. The first kappa shape index (κ1) is 99.7. The van der Waals surface area contributed by atoms with Gasteiger partial charge in [-0.2, -0.15) is 52.7 Å². The lowest BCUT2D eigenvalue weighted by Crippen LogP contribution is -2.18. The van der Waals surface area contributed by atoms with Crippen LogP contribution in [0.5, 0.6) is 34.5 Å². The predicted octanol–water partition coefficient (Wildman–Crippen LogP) is 24.3. The van der Waals surface area contributed by atoms with Crippen molar-refractivity contribution in [2.45, 2.75) is 149 Å². The molecular weight excluding hydrogens is 1940 g/mol. The first-order valence-corrected chi connectivity index (χ1v) is 40.8. The number of alkyl halides is 13. The van der Waals surface area contributed by atoms with Crippen molar-refractivity contribution < 1.29 is 109 Å². The van der Waals surface area contributed by atoms with Crippen LogP contribution in [0.4, 0.5) is 65.9 Å². The Bertz CT molecular complexity index is 5890. The zero-order chi connectivity index (χ0) is 92.1. The Balaban J connectivity index is 0.000000190. The smallest absolute Gasteiger partial charge is 0.387 e. The van der Waals surface area contributed by atoms with Crippen molar-refractivity contribution in [3.8, 4) is 34.5 Å². The molecule has 0 spiro atoms. The van der Waals surface area contributed by atoms with Crippen molar-refractivity contribution in [3.05, 3.63) is 312 Å². The minimum Gasteiger partial charge on any atom is -0.434 e. The molecule has 5 atom stereocenters. The molecule has 9 aromatic carbocycles. The van der Waals surface area contributed by atoms with Crippen LogP contribution < -0.4 is 45.1 Å². The predicted molar refractivity (Wildman–Crippen MR) is 458 cm³/mol. The van der Waals surface area contributed by atoms with E-state index in [2.05, 4.69) is 117 Å². The summed E-state index contributed by atoms with van der Waals surface area (Å²) in [5.41, 5.74) is 7.46. The summed E-state index contributed by atoms with van der Waals surface area (Å²) in [6.07, 6.45) is 6.44. The largest absolute Gasteiger partial charge is 0.434 e. The minimum atomic E-state index is -3.02. The van der Waals surface area contributed by atoms with Crippen LogP contribution in [-0.2, 0) is 6.54 Å². The molecule has 1 aliphatic heterocycles. The van der Waals surface area contributed by atoms with E-state index in [1.807, 2.05) is 19.9 Å². The number of H-pyrrole nitrogens is 2. The highest BCUT2D eigenvalue weighted by atomic mass is 79.9. The Kier molecular flexibility index (Phi) is 36.6. The van der Waals surface area contributed by atoms with Gasteiger partial charge in [-0.05, 0) is 228 Å².